The Morgan fingerprint density at radius 3 is 2.71 bits per heavy atom. The Labute approximate surface area is 112 Å². The van der Waals surface area contributed by atoms with Crippen LogP contribution in [0.5, 0.6) is 0 Å². The molecule has 3 nitrogen and oxygen atoms in total. The quantitative estimate of drug-likeness (QED) is 0.857. The number of hydrogen-bond acceptors (Lipinski definition) is 3. The highest BCUT2D eigenvalue weighted by molar-refractivity contribution is 7.09. The lowest BCUT2D eigenvalue weighted by Crippen LogP contribution is -2.27. The van der Waals surface area contributed by atoms with Crippen LogP contribution in [0.25, 0.3) is 0 Å². The summed E-state index contributed by atoms with van der Waals surface area (Å²) in [5.74, 6) is -0.167. The molecular formula is C12H19ClN2OS. The number of carbonyl (C=O) groups is 1. The largest absolute Gasteiger partial charge is 0.354 e. The minimum atomic E-state index is -0.686. The molecule has 0 radical (unpaired) electrons. The number of halogens is 1. The van der Waals surface area contributed by atoms with E-state index in [2.05, 4.69) is 31.1 Å². The maximum atomic E-state index is 11.7. The number of carbonyl (C=O) groups excluding carboxylic acids is 1. The van der Waals surface area contributed by atoms with Gasteiger partial charge in [0, 0.05) is 17.3 Å². The predicted octanol–water partition coefficient (Wildman–Crippen LogP) is 3.25. The van der Waals surface area contributed by atoms with Gasteiger partial charge in [-0.15, -0.1) is 22.9 Å². The first-order valence-electron chi connectivity index (χ1n) is 5.74. The molecule has 1 heterocycles. The maximum absolute atomic E-state index is 11.7. The van der Waals surface area contributed by atoms with Crippen LogP contribution in [0.15, 0.2) is 5.38 Å². The van der Waals surface area contributed by atoms with E-state index >= 15 is 0 Å². The molecule has 0 saturated heterocycles. The molecule has 1 rings (SSSR count). The van der Waals surface area contributed by atoms with Crippen molar-refractivity contribution in [3.63, 3.8) is 0 Å². The fourth-order valence-electron chi connectivity index (χ4n) is 1.22. The Balaban J connectivity index is 2.73. The van der Waals surface area contributed by atoms with Crippen molar-refractivity contribution in [2.24, 2.45) is 0 Å². The van der Waals surface area contributed by atoms with Crippen molar-refractivity contribution in [1.29, 1.82) is 0 Å². The molecule has 0 aliphatic carbocycles. The number of hydrogen-bond donors (Lipinski definition) is 1. The summed E-state index contributed by atoms with van der Waals surface area (Å²) in [6.07, 6.45) is 0.902. The van der Waals surface area contributed by atoms with Crippen LogP contribution < -0.4 is 5.32 Å². The zero-order valence-corrected chi connectivity index (χ0v) is 12.3. The summed E-state index contributed by atoms with van der Waals surface area (Å²) in [6, 6.07) is 0. The summed E-state index contributed by atoms with van der Waals surface area (Å²) < 4.78 is 0. The molecule has 1 N–H and O–H groups in total. The van der Waals surface area contributed by atoms with Gasteiger partial charge in [0.25, 0.3) is 0 Å². The molecule has 5 heteroatoms. The molecule has 0 fully saturated rings. The van der Waals surface area contributed by atoms with Gasteiger partial charge in [0.15, 0.2) is 5.38 Å². The van der Waals surface area contributed by atoms with Gasteiger partial charge in [0.2, 0.25) is 5.91 Å². The average Bonchev–Trinajstić information content (AvgIpc) is 2.73. The van der Waals surface area contributed by atoms with Gasteiger partial charge in [-0.3, -0.25) is 4.79 Å². The third kappa shape index (κ3) is 3.96. The van der Waals surface area contributed by atoms with Crippen LogP contribution in [0, 0.1) is 0 Å². The van der Waals surface area contributed by atoms with Gasteiger partial charge in [-0.25, -0.2) is 4.98 Å². The molecule has 1 aromatic rings. The van der Waals surface area contributed by atoms with Gasteiger partial charge >= 0.3 is 0 Å². The zero-order valence-electron chi connectivity index (χ0n) is 10.7. The predicted molar refractivity (Wildman–Crippen MR) is 72.7 cm³/mol. The zero-order chi connectivity index (χ0) is 13.1. The Kier molecular flexibility index (Phi) is 4.95. The number of alkyl halides is 1. The fraction of sp³-hybridized carbons (Fsp3) is 0.667. The summed E-state index contributed by atoms with van der Waals surface area (Å²) in [7, 11) is 0. The SMILES string of the molecule is CCCNC(=O)C(Cl)c1csc(C(C)(C)C)n1. The minimum absolute atomic E-state index is 0.000575. The number of amides is 1. The molecular weight excluding hydrogens is 256 g/mol. The first kappa shape index (κ1) is 14.5. The summed E-state index contributed by atoms with van der Waals surface area (Å²) in [5, 5.41) is 4.95. The molecule has 0 spiro atoms. The molecule has 17 heavy (non-hydrogen) atoms. The van der Waals surface area contributed by atoms with E-state index in [1.807, 2.05) is 12.3 Å². The van der Waals surface area contributed by atoms with Crippen LogP contribution in [0.2, 0.25) is 0 Å². The normalized spacial score (nSPS) is 13.5. The van der Waals surface area contributed by atoms with Crippen molar-refractivity contribution in [3.05, 3.63) is 16.1 Å². The Bertz CT molecular complexity index is 384. The highest BCUT2D eigenvalue weighted by atomic mass is 35.5. The third-order valence-corrected chi connectivity index (χ3v) is 3.91. The summed E-state index contributed by atoms with van der Waals surface area (Å²) in [5.41, 5.74) is 0.648. The van der Waals surface area contributed by atoms with E-state index in [-0.39, 0.29) is 11.3 Å². The van der Waals surface area contributed by atoms with Crippen LogP contribution in [-0.2, 0) is 10.2 Å². The van der Waals surface area contributed by atoms with Crippen molar-refractivity contribution in [2.75, 3.05) is 6.54 Å². The molecule has 0 aliphatic heterocycles. The van der Waals surface area contributed by atoms with Crippen molar-refractivity contribution in [2.45, 2.75) is 44.9 Å². The molecule has 1 amide bonds. The molecule has 0 aromatic carbocycles. The van der Waals surface area contributed by atoms with Crippen LogP contribution in [-0.4, -0.2) is 17.4 Å². The van der Waals surface area contributed by atoms with Gasteiger partial charge in [0.05, 0.1) is 10.7 Å². The molecule has 0 bridgehead atoms. The van der Waals surface area contributed by atoms with Crippen LogP contribution in [0.4, 0.5) is 0 Å². The Hall–Kier alpha value is -0.610. The molecule has 96 valence electrons. The lowest BCUT2D eigenvalue weighted by atomic mass is 9.98. The van der Waals surface area contributed by atoms with E-state index < -0.39 is 5.38 Å². The van der Waals surface area contributed by atoms with Gasteiger partial charge in [-0.2, -0.15) is 0 Å². The number of rotatable bonds is 4. The monoisotopic (exact) mass is 274 g/mol. The van der Waals surface area contributed by atoms with Gasteiger partial charge < -0.3 is 5.32 Å². The highest BCUT2D eigenvalue weighted by Gasteiger charge is 2.24. The van der Waals surface area contributed by atoms with Crippen molar-refractivity contribution < 1.29 is 4.79 Å². The molecule has 1 unspecified atom stereocenters. The molecule has 0 aliphatic rings. The third-order valence-electron chi connectivity index (χ3n) is 2.20. The number of thiazole rings is 1. The highest BCUT2D eigenvalue weighted by Crippen LogP contribution is 2.29. The summed E-state index contributed by atoms with van der Waals surface area (Å²) in [6.45, 7) is 8.93. The standard InChI is InChI=1S/C12H19ClN2OS/c1-5-6-14-10(16)9(13)8-7-17-11(15-8)12(2,3)4/h7,9H,5-6H2,1-4H3,(H,14,16). The lowest BCUT2D eigenvalue weighted by molar-refractivity contribution is -0.120. The van der Waals surface area contributed by atoms with Gasteiger partial charge in [0.1, 0.15) is 0 Å². The van der Waals surface area contributed by atoms with E-state index in [0.717, 1.165) is 11.4 Å². The van der Waals surface area contributed by atoms with Gasteiger partial charge in [-0.05, 0) is 6.42 Å². The number of nitrogens with one attached hydrogen (secondary N) is 1. The second kappa shape index (κ2) is 5.83. The van der Waals surface area contributed by atoms with Crippen LogP contribution >= 0.6 is 22.9 Å². The molecule has 0 saturated carbocycles. The van der Waals surface area contributed by atoms with Crippen molar-refractivity contribution in [3.8, 4) is 0 Å². The van der Waals surface area contributed by atoms with E-state index in [1.165, 1.54) is 0 Å². The van der Waals surface area contributed by atoms with E-state index in [4.69, 9.17) is 11.6 Å². The molecule has 1 atom stereocenters. The smallest absolute Gasteiger partial charge is 0.244 e. The van der Waals surface area contributed by atoms with E-state index in [9.17, 15) is 4.79 Å². The fourth-order valence-corrected chi connectivity index (χ4v) is 2.42. The van der Waals surface area contributed by atoms with Crippen LogP contribution in [0.1, 0.15) is 50.2 Å². The lowest BCUT2D eigenvalue weighted by Gasteiger charge is -2.14. The maximum Gasteiger partial charge on any atom is 0.244 e. The van der Waals surface area contributed by atoms with Crippen molar-refractivity contribution >= 4 is 28.8 Å². The molecule has 1 aromatic heterocycles. The van der Waals surface area contributed by atoms with E-state index in [0.29, 0.717) is 12.2 Å². The van der Waals surface area contributed by atoms with E-state index in [1.54, 1.807) is 11.3 Å². The Morgan fingerprint density at radius 2 is 2.24 bits per heavy atom. The first-order valence-corrected chi connectivity index (χ1v) is 7.05. The minimum Gasteiger partial charge on any atom is -0.354 e. The number of aromatic nitrogens is 1. The van der Waals surface area contributed by atoms with Gasteiger partial charge in [-0.1, -0.05) is 27.7 Å². The average molecular weight is 275 g/mol. The van der Waals surface area contributed by atoms with Crippen LogP contribution in [0.3, 0.4) is 0 Å². The second-order valence-electron chi connectivity index (χ2n) is 4.98. The number of nitrogens with zero attached hydrogens (tertiary/aromatic N) is 1. The first-order chi connectivity index (χ1) is 7.86. The Morgan fingerprint density at radius 1 is 1.59 bits per heavy atom. The second-order valence-corrected chi connectivity index (χ2v) is 6.28. The summed E-state index contributed by atoms with van der Waals surface area (Å²) >= 11 is 7.64. The topological polar surface area (TPSA) is 42.0 Å². The summed E-state index contributed by atoms with van der Waals surface area (Å²) in [4.78, 5) is 16.1. The van der Waals surface area contributed by atoms with Crippen molar-refractivity contribution in [1.82, 2.24) is 10.3 Å².